The first kappa shape index (κ1) is 11.6. The van der Waals surface area contributed by atoms with Crippen LogP contribution in [0.5, 0.6) is 0 Å². The fourth-order valence-corrected chi connectivity index (χ4v) is 2.08. The maximum absolute atomic E-state index is 11.8. The SMILES string of the molecule is C=CCN1CC(=O)N2CC(=O)NCC2N1C=O. The number of nitrogens with one attached hydrogen (secondary N) is 1. The van der Waals surface area contributed by atoms with Crippen LogP contribution in [-0.4, -0.2) is 65.5 Å². The standard InChI is InChI=1S/C10H14N4O3/c1-2-3-12-6-10(17)13-5-8(16)11-4-9(13)14(12)7-15/h2,7,9H,1,3-6H2,(H,11,16). The largest absolute Gasteiger partial charge is 0.351 e. The Labute approximate surface area is 98.6 Å². The lowest BCUT2D eigenvalue weighted by atomic mass is 10.2. The van der Waals surface area contributed by atoms with Gasteiger partial charge in [-0.2, -0.15) is 0 Å². The van der Waals surface area contributed by atoms with E-state index in [-0.39, 0.29) is 31.4 Å². The highest BCUT2D eigenvalue weighted by atomic mass is 16.2. The second-order valence-corrected chi connectivity index (χ2v) is 3.93. The van der Waals surface area contributed by atoms with Crippen LogP contribution in [0.25, 0.3) is 0 Å². The highest BCUT2D eigenvalue weighted by Gasteiger charge is 2.41. The van der Waals surface area contributed by atoms with E-state index < -0.39 is 6.17 Å². The molecule has 2 aliphatic heterocycles. The molecule has 7 heteroatoms. The lowest BCUT2D eigenvalue weighted by Crippen LogP contribution is -2.71. The van der Waals surface area contributed by atoms with Crippen molar-refractivity contribution in [1.29, 1.82) is 0 Å². The molecular weight excluding hydrogens is 224 g/mol. The van der Waals surface area contributed by atoms with Gasteiger partial charge >= 0.3 is 0 Å². The summed E-state index contributed by atoms with van der Waals surface area (Å²) in [5.74, 6) is -0.345. The number of nitrogens with zero attached hydrogens (tertiary/aromatic N) is 3. The van der Waals surface area contributed by atoms with Crippen LogP contribution in [0.1, 0.15) is 0 Å². The number of rotatable bonds is 3. The molecule has 92 valence electrons. The van der Waals surface area contributed by atoms with E-state index in [0.29, 0.717) is 13.0 Å². The molecular formula is C10H14N4O3. The lowest BCUT2D eigenvalue weighted by Gasteiger charge is -2.48. The minimum atomic E-state index is -0.425. The Bertz CT molecular complexity index is 371. The molecule has 2 rings (SSSR count). The summed E-state index contributed by atoms with van der Waals surface area (Å²) >= 11 is 0. The minimum absolute atomic E-state index is 0.00969. The van der Waals surface area contributed by atoms with E-state index >= 15 is 0 Å². The van der Waals surface area contributed by atoms with Gasteiger partial charge in [-0.1, -0.05) is 6.08 Å². The molecule has 0 aliphatic carbocycles. The summed E-state index contributed by atoms with van der Waals surface area (Å²) in [5, 5.41) is 5.69. The Morgan fingerprint density at radius 2 is 2.18 bits per heavy atom. The minimum Gasteiger partial charge on any atom is -0.351 e. The molecule has 2 fully saturated rings. The number of fused-ring (bicyclic) bond motifs is 1. The van der Waals surface area contributed by atoms with Crippen molar-refractivity contribution in [1.82, 2.24) is 20.2 Å². The van der Waals surface area contributed by atoms with Crippen molar-refractivity contribution in [3.63, 3.8) is 0 Å². The molecule has 0 aromatic carbocycles. The van der Waals surface area contributed by atoms with Crippen LogP contribution in [0.15, 0.2) is 12.7 Å². The van der Waals surface area contributed by atoms with Crippen LogP contribution in [0.3, 0.4) is 0 Å². The average Bonchev–Trinajstić information content (AvgIpc) is 2.31. The average molecular weight is 238 g/mol. The number of hydrogen-bond acceptors (Lipinski definition) is 4. The number of amides is 3. The highest BCUT2D eigenvalue weighted by Crippen LogP contribution is 2.17. The zero-order valence-corrected chi connectivity index (χ0v) is 9.33. The summed E-state index contributed by atoms with van der Waals surface area (Å²) in [6.45, 7) is 4.37. The van der Waals surface area contributed by atoms with Crippen LogP contribution >= 0.6 is 0 Å². The van der Waals surface area contributed by atoms with Crippen LogP contribution in [-0.2, 0) is 14.4 Å². The third-order valence-corrected chi connectivity index (χ3v) is 2.87. The maximum atomic E-state index is 11.8. The predicted molar refractivity (Wildman–Crippen MR) is 58.2 cm³/mol. The van der Waals surface area contributed by atoms with Crippen LogP contribution in [0, 0.1) is 0 Å². The second-order valence-electron chi connectivity index (χ2n) is 3.93. The van der Waals surface area contributed by atoms with Crippen molar-refractivity contribution >= 4 is 18.2 Å². The summed E-state index contributed by atoms with van der Waals surface area (Å²) in [6.07, 6.45) is 1.87. The van der Waals surface area contributed by atoms with E-state index in [1.54, 1.807) is 11.1 Å². The molecule has 0 aromatic rings. The van der Waals surface area contributed by atoms with Gasteiger partial charge in [0, 0.05) is 6.54 Å². The molecule has 2 heterocycles. The zero-order valence-electron chi connectivity index (χ0n) is 9.33. The number of hydrazine groups is 1. The molecule has 7 nitrogen and oxygen atoms in total. The van der Waals surface area contributed by atoms with Crippen molar-refractivity contribution < 1.29 is 14.4 Å². The summed E-state index contributed by atoms with van der Waals surface area (Å²) < 4.78 is 0. The van der Waals surface area contributed by atoms with E-state index in [4.69, 9.17) is 0 Å². The summed E-state index contributed by atoms with van der Waals surface area (Å²) in [6, 6.07) is 0. The van der Waals surface area contributed by atoms with Crippen molar-refractivity contribution in [2.45, 2.75) is 6.17 Å². The number of carbonyl (C=O) groups excluding carboxylic acids is 3. The number of piperazine rings is 1. The van der Waals surface area contributed by atoms with Gasteiger partial charge in [0.05, 0.1) is 13.1 Å². The molecule has 0 saturated carbocycles. The summed E-state index contributed by atoms with van der Waals surface area (Å²) in [7, 11) is 0. The first-order valence-corrected chi connectivity index (χ1v) is 5.33. The molecule has 0 spiro atoms. The number of carbonyl (C=O) groups is 3. The predicted octanol–water partition coefficient (Wildman–Crippen LogP) is -1.85. The Kier molecular flexibility index (Phi) is 3.10. The van der Waals surface area contributed by atoms with Crippen molar-refractivity contribution in [2.75, 3.05) is 26.2 Å². The van der Waals surface area contributed by atoms with E-state index in [1.807, 2.05) is 0 Å². The van der Waals surface area contributed by atoms with E-state index in [2.05, 4.69) is 11.9 Å². The summed E-state index contributed by atoms with van der Waals surface area (Å²) in [4.78, 5) is 35.6. The van der Waals surface area contributed by atoms with Gasteiger partial charge in [0.15, 0.2) is 0 Å². The van der Waals surface area contributed by atoms with Gasteiger partial charge in [-0.25, -0.2) is 5.01 Å². The van der Waals surface area contributed by atoms with Gasteiger partial charge in [-0.05, 0) is 0 Å². The maximum Gasteiger partial charge on any atom is 0.240 e. The Hall–Kier alpha value is -1.89. The fourth-order valence-electron chi connectivity index (χ4n) is 2.08. The van der Waals surface area contributed by atoms with Crippen LogP contribution < -0.4 is 5.32 Å². The Morgan fingerprint density at radius 1 is 1.41 bits per heavy atom. The van der Waals surface area contributed by atoms with E-state index in [0.717, 1.165) is 0 Å². The Balaban J connectivity index is 2.21. The van der Waals surface area contributed by atoms with E-state index in [9.17, 15) is 14.4 Å². The quantitative estimate of drug-likeness (QED) is 0.462. The molecule has 0 radical (unpaired) electrons. The topological polar surface area (TPSA) is 73.0 Å². The number of hydrogen-bond donors (Lipinski definition) is 1. The first-order chi connectivity index (χ1) is 8.17. The van der Waals surface area contributed by atoms with Gasteiger partial charge in [0.25, 0.3) is 0 Å². The molecule has 2 saturated heterocycles. The van der Waals surface area contributed by atoms with E-state index in [1.165, 1.54) is 9.91 Å². The van der Waals surface area contributed by atoms with Crippen LogP contribution in [0.2, 0.25) is 0 Å². The molecule has 0 aromatic heterocycles. The fraction of sp³-hybridized carbons (Fsp3) is 0.500. The van der Waals surface area contributed by atoms with Gasteiger partial charge in [-0.15, -0.1) is 6.58 Å². The van der Waals surface area contributed by atoms with Gasteiger partial charge in [-0.3, -0.25) is 19.4 Å². The van der Waals surface area contributed by atoms with Gasteiger partial charge in [0.2, 0.25) is 18.2 Å². The zero-order chi connectivity index (χ0) is 12.4. The van der Waals surface area contributed by atoms with Gasteiger partial charge < -0.3 is 10.2 Å². The second kappa shape index (κ2) is 4.54. The summed E-state index contributed by atoms with van der Waals surface area (Å²) in [5.41, 5.74) is 0. The third kappa shape index (κ3) is 2.01. The smallest absolute Gasteiger partial charge is 0.240 e. The highest BCUT2D eigenvalue weighted by molar-refractivity contribution is 5.88. The van der Waals surface area contributed by atoms with Crippen molar-refractivity contribution in [2.24, 2.45) is 0 Å². The molecule has 2 aliphatic rings. The monoisotopic (exact) mass is 238 g/mol. The van der Waals surface area contributed by atoms with Crippen LogP contribution in [0.4, 0.5) is 0 Å². The molecule has 17 heavy (non-hydrogen) atoms. The van der Waals surface area contributed by atoms with Gasteiger partial charge in [0.1, 0.15) is 12.7 Å². The third-order valence-electron chi connectivity index (χ3n) is 2.87. The Morgan fingerprint density at radius 3 is 2.82 bits per heavy atom. The molecule has 1 N–H and O–H groups in total. The normalized spacial score (nSPS) is 25.3. The molecule has 1 atom stereocenters. The molecule has 3 amide bonds. The van der Waals surface area contributed by atoms with Crippen molar-refractivity contribution in [3.8, 4) is 0 Å². The lowest BCUT2D eigenvalue weighted by molar-refractivity contribution is -0.184. The van der Waals surface area contributed by atoms with Crippen molar-refractivity contribution in [3.05, 3.63) is 12.7 Å². The molecule has 0 bridgehead atoms. The first-order valence-electron chi connectivity index (χ1n) is 5.33. The molecule has 1 unspecified atom stereocenters.